The molecule has 0 spiro atoms. The van der Waals surface area contributed by atoms with Gasteiger partial charge in [-0.3, -0.25) is 9.80 Å². The first-order chi connectivity index (χ1) is 16.4. The Hall–Kier alpha value is -2.15. The van der Waals surface area contributed by atoms with Gasteiger partial charge in [0.1, 0.15) is 12.1 Å². The smallest absolute Gasteiger partial charge is 0.208 e. The number of hydrogen-bond donors (Lipinski definition) is 2. The molecule has 0 aliphatic carbocycles. The summed E-state index contributed by atoms with van der Waals surface area (Å²) in [6.45, 7) is 3.63. The van der Waals surface area contributed by atoms with E-state index < -0.39 is 10.0 Å². The van der Waals surface area contributed by atoms with Crippen LogP contribution in [-0.2, 0) is 14.8 Å². The Labute approximate surface area is 203 Å². The fourth-order valence-electron chi connectivity index (χ4n) is 4.91. The summed E-state index contributed by atoms with van der Waals surface area (Å²) in [5.41, 5.74) is 1.90. The highest BCUT2D eigenvalue weighted by atomic mass is 32.2. The zero-order valence-electron chi connectivity index (χ0n) is 19.0. The number of phenolic OH excluding ortho intramolecular Hbond substituents is 1. The monoisotopic (exact) mass is 503 g/mol. The Bertz CT molecular complexity index is 1210. The van der Waals surface area contributed by atoms with Crippen LogP contribution in [0.3, 0.4) is 0 Å². The normalized spacial score (nSPS) is 22.2. The van der Waals surface area contributed by atoms with Crippen LogP contribution in [0, 0.1) is 0 Å². The predicted molar refractivity (Wildman–Crippen MR) is 131 cm³/mol. The molecule has 11 heteroatoms. The molecule has 2 atom stereocenters. The first kappa shape index (κ1) is 23.6. The number of nitrogens with zero attached hydrogens (tertiary/aromatic N) is 4. The summed E-state index contributed by atoms with van der Waals surface area (Å²) < 4.78 is 33.3. The number of piperidine rings is 1. The average Bonchev–Trinajstić information content (AvgIpc) is 3.23. The molecule has 2 aliphatic heterocycles. The second kappa shape index (κ2) is 9.84. The third kappa shape index (κ3) is 5.40. The van der Waals surface area contributed by atoms with Crippen molar-refractivity contribution in [3.63, 3.8) is 0 Å². The van der Waals surface area contributed by atoms with Crippen molar-refractivity contribution in [2.24, 2.45) is 0 Å². The van der Waals surface area contributed by atoms with E-state index in [0.29, 0.717) is 13.2 Å². The molecule has 2 fully saturated rings. The number of nitrogens with one attached hydrogen (secondary N) is 1. The number of benzene rings is 1. The van der Waals surface area contributed by atoms with Crippen LogP contribution >= 0.6 is 11.3 Å². The largest absolute Gasteiger partial charge is 0.508 e. The van der Waals surface area contributed by atoms with Crippen LogP contribution < -0.4 is 4.72 Å². The number of ether oxygens (including phenoxy) is 1. The minimum absolute atomic E-state index is 0.0297. The topological polar surface area (TPSA) is 108 Å². The van der Waals surface area contributed by atoms with Crippen molar-refractivity contribution in [1.82, 2.24) is 24.5 Å². The highest BCUT2D eigenvalue weighted by Crippen LogP contribution is 2.38. The number of phenols is 1. The van der Waals surface area contributed by atoms with Gasteiger partial charge in [-0.25, -0.2) is 23.1 Å². The lowest BCUT2D eigenvalue weighted by molar-refractivity contribution is -0.0810. The number of aromatic nitrogens is 2. The van der Waals surface area contributed by atoms with E-state index in [2.05, 4.69) is 30.6 Å². The SMILES string of the molecule is CS(=O)(=O)NC1CCN(C(c2cc3ncncc3s2)N2CCOC(c3cccc(O)c3)C2)CC1. The van der Waals surface area contributed by atoms with E-state index in [9.17, 15) is 13.5 Å². The molecular formula is C23H29N5O4S2. The van der Waals surface area contributed by atoms with Gasteiger partial charge < -0.3 is 9.84 Å². The van der Waals surface area contributed by atoms with Crippen molar-refractivity contribution in [3.8, 4) is 5.75 Å². The summed E-state index contributed by atoms with van der Waals surface area (Å²) in [6.07, 6.45) is 6.05. The Kier molecular flexibility index (Phi) is 6.83. The highest BCUT2D eigenvalue weighted by molar-refractivity contribution is 7.88. The zero-order chi connectivity index (χ0) is 23.7. The van der Waals surface area contributed by atoms with Gasteiger partial charge in [0.25, 0.3) is 0 Å². The zero-order valence-corrected chi connectivity index (χ0v) is 20.6. The van der Waals surface area contributed by atoms with Gasteiger partial charge in [0.2, 0.25) is 10.0 Å². The summed E-state index contributed by atoms with van der Waals surface area (Å²) in [7, 11) is -3.22. The maximum Gasteiger partial charge on any atom is 0.208 e. The number of likely N-dealkylation sites (tertiary alicyclic amines) is 1. The molecule has 9 nitrogen and oxygen atoms in total. The minimum atomic E-state index is -3.22. The Morgan fingerprint density at radius 2 is 2.03 bits per heavy atom. The summed E-state index contributed by atoms with van der Waals surface area (Å²) in [5.74, 6) is 0.235. The average molecular weight is 504 g/mol. The molecule has 2 saturated heterocycles. The molecule has 0 saturated carbocycles. The van der Waals surface area contributed by atoms with Crippen LogP contribution in [0.15, 0.2) is 42.9 Å². The molecule has 2 aliphatic rings. The van der Waals surface area contributed by atoms with Gasteiger partial charge in [-0.05, 0) is 36.6 Å². The first-order valence-corrected chi connectivity index (χ1v) is 14.1. The van der Waals surface area contributed by atoms with Gasteiger partial charge in [-0.15, -0.1) is 11.3 Å². The van der Waals surface area contributed by atoms with Crippen molar-refractivity contribution in [2.45, 2.75) is 31.2 Å². The van der Waals surface area contributed by atoms with Crippen molar-refractivity contribution < 1.29 is 18.3 Å². The summed E-state index contributed by atoms with van der Waals surface area (Å²) in [4.78, 5) is 14.7. The van der Waals surface area contributed by atoms with Crippen LogP contribution in [0.1, 0.15) is 35.6 Å². The van der Waals surface area contributed by atoms with Crippen molar-refractivity contribution in [2.75, 3.05) is 39.0 Å². The summed E-state index contributed by atoms with van der Waals surface area (Å²) in [6, 6.07) is 9.37. The van der Waals surface area contributed by atoms with E-state index in [1.807, 2.05) is 18.3 Å². The van der Waals surface area contributed by atoms with Crippen LogP contribution in [0.5, 0.6) is 5.75 Å². The molecule has 182 valence electrons. The van der Waals surface area contributed by atoms with Crippen LogP contribution in [0.4, 0.5) is 0 Å². The molecule has 0 bridgehead atoms. The maximum atomic E-state index is 11.7. The highest BCUT2D eigenvalue weighted by Gasteiger charge is 2.35. The fourth-order valence-corrected chi connectivity index (χ4v) is 6.90. The molecule has 1 aromatic carbocycles. The van der Waals surface area contributed by atoms with Gasteiger partial charge in [0.05, 0.1) is 35.3 Å². The lowest BCUT2D eigenvalue weighted by atomic mass is 10.0. The van der Waals surface area contributed by atoms with E-state index in [1.165, 1.54) is 11.1 Å². The molecule has 4 heterocycles. The van der Waals surface area contributed by atoms with Crippen molar-refractivity contribution in [3.05, 3.63) is 53.3 Å². The lowest BCUT2D eigenvalue weighted by Crippen LogP contribution is -2.51. The molecule has 0 amide bonds. The van der Waals surface area contributed by atoms with E-state index in [1.54, 1.807) is 29.8 Å². The Balaban J connectivity index is 1.41. The molecule has 2 unspecified atom stereocenters. The minimum Gasteiger partial charge on any atom is -0.508 e. The molecular weight excluding hydrogens is 474 g/mol. The van der Waals surface area contributed by atoms with E-state index in [-0.39, 0.29) is 24.1 Å². The summed E-state index contributed by atoms with van der Waals surface area (Å²) in [5, 5.41) is 9.95. The number of morpholine rings is 1. The van der Waals surface area contributed by atoms with Gasteiger partial charge in [-0.2, -0.15) is 0 Å². The number of fused-ring (bicyclic) bond motifs is 1. The Morgan fingerprint density at radius 3 is 2.76 bits per heavy atom. The van der Waals surface area contributed by atoms with Crippen molar-refractivity contribution >= 4 is 31.6 Å². The second-order valence-corrected chi connectivity index (χ2v) is 11.8. The fraction of sp³-hybridized carbons (Fsp3) is 0.478. The molecule has 2 aromatic heterocycles. The number of rotatable bonds is 6. The van der Waals surface area contributed by atoms with E-state index in [4.69, 9.17) is 4.74 Å². The van der Waals surface area contributed by atoms with Gasteiger partial charge in [0.15, 0.2) is 0 Å². The van der Waals surface area contributed by atoms with Crippen LogP contribution in [-0.4, -0.2) is 78.4 Å². The lowest BCUT2D eigenvalue weighted by Gasteiger charge is -2.45. The van der Waals surface area contributed by atoms with Gasteiger partial charge in [0, 0.05) is 43.3 Å². The predicted octanol–water partition coefficient (Wildman–Crippen LogP) is 2.48. The first-order valence-electron chi connectivity index (χ1n) is 11.4. The van der Waals surface area contributed by atoms with E-state index >= 15 is 0 Å². The third-order valence-electron chi connectivity index (χ3n) is 6.41. The van der Waals surface area contributed by atoms with Gasteiger partial charge in [-0.1, -0.05) is 12.1 Å². The number of sulfonamides is 1. The number of hydrogen-bond acceptors (Lipinski definition) is 9. The molecule has 34 heavy (non-hydrogen) atoms. The van der Waals surface area contributed by atoms with Crippen molar-refractivity contribution in [1.29, 1.82) is 0 Å². The molecule has 3 aromatic rings. The molecule has 5 rings (SSSR count). The van der Waals surface area contributed by atoms with Gasteiger partial charge >= 0.3 is 0 Å². The number of thiophene rings is 1. The molecule has 2 N–H and O–H groups in total. The second-order valence-electron chi connectivity index (χ2n) is 8.94. The number of aromatic hydroxyl groups is 1. The standard InChI is InChI=1S/C23H29N5O4S2/c1-34(30,31)26-17-5-7-27(8-6-17)23(21-12-19-22(33-21)13-24-15-25-19)28-9-10-32-20(14-28)16-3-2-4-18(29)11-16/h2-4,11-13,15,17,20,23,26,29H,5-10,14H2,1H3. The third-order valence-corrected chi connectivity index (χ3v) is 8.27. The van der Waals surface area contributed by atoms with Crippen LogP contribution in [0.2, 0.25) is 0 Å². The van der Waals surface area contributed by atoms with Crippen LogP contribution in [0.25, 0.3) is 10.2 Å². The molecule has 0 radical (unpaired) electrons. The maximum absolute atomic E-state index is 11.7. The Morgan fingerprint density at radius 1 is 1.21 bits per heavy atom. The van der Waals surface area contributed by atoms with E-state index in [0.717, 1.165) is 48.3 Å². The summed E-state index contributed by atoms with van der Waals surface area (Å²) >= 11 is 1.70. The quantitative estimate of drug-likeness (QED) is 0.528.